The van der Waals surface area contributed by atoms with Crippen molar-refractivity contribution in [3.05, 3.63) is 0 Å². The summed E-state index contributed by atoms with van der Waals surface area (Å²) in [6.45, 7) is 1.90. The van der Waals surface area contributed by atoms with Crippen molar-refractivity contribution in [3.8, 4) is 0 Å². The van der Waals surface area contributed by atoms with E-state index in [0.717, 1.165) is 25.9 Å². The van der Waals surface area contributed by atoms with Crippen LogP contribution in [0.2, 0.25) is 0 Å². The summed E-state index contributed by atoms with van der Waals surface area (Å²) in [5, 5.41) is 6.34. The van der Waals surface area contributed by atoms with Gasteiger partial charge in [-0.05, 0) is 19.3 Å². The van der Waals surface area contributed by atoms with Crippen molar-refractivity contribution in [1.29, 1.82) is 0 Å². The van der Waals surface area contributed by atoms with Gasteiger partial charge >= 0.3 is 0 Å². The zero-order valence-corrected chi connectivity index (χ0v) is 8.87. The minimum Gasteiger partial charge on any atom is -0.299 e. The van der Waals surface area contributed by atoms with E-state index in [2.05, 4.69) is 5.10 Å². The fourth-order valence-electron chi connectivity index (χ4n) is 2.02. The minimum absolute atomic E-state index is 0.0533. The Bertz CT molecular complexity index is 304. The third kappa shape index (κ3) is 2.64. The second-order valence-corrected chi connectivity index (χ2v) is 4.20. The van der Waals surface area contributed by atoms with Gasteiger partial charge in [0.1, 0.15) is 11.5 Å². The Morgan fingerprint density at radius 2 is 1.73 bits per heavy atom. The molecule has 0 aromatic carbocycles. The van der Waals surface area contributed by atoms with E-state index in [1.54, 1.807) is 0 Å². The highest BCUT2D eigenvalue weighted by atomic mass is 16.1. The summed E-state index contributed by atoms with van der Waals surface area (Å²) in [5.41, 5.74) is 0.608. The van der Waals surface area contributed by atoms with Crippen molar-refractivity contribution in [2.75, 3.05) is 13.1 Å². The van der Waals surface area contributed by atoms with Crippen molar-refractivity contribution in [2.24, 2.45) is 5.10 Å². The monoisotopic (exact) mass is 208 g/mol. The molecule has 1 saturated heterocycles. The van der Waals surface area contributed by atoms with Crippen molar-refractivity contribution >= 4 is 17.3 Å². The third-order valence-corrected chi connectivity index (χ3v) is 2.91. The van der Waals surface area contributed by atoms with Gasteiger partial charge in [-0.25, -0.2) is 0 Å². The molecule has 2 aliphatic rings. The number of hydrogen-bond donors (Lipinski definition) is 0. The molecule has 2 rings (SSSR count). The van der Waals surface area contributed by atoms with Crippen molar-refractivity contribution in [3.63, 3.8) is 0 Å². The molecule has 4 heteroatoms. The van der Waals surface area contributed by atoms with Gasteiger partial charge in [-0.15, -0.1) is 0 Å². The van der Waals surface area contributed by atoms with Crippen LogP contribution in [0.15, 0.2) is 5.10 Å². The lowest BCUT2D eigenvalue weighted by Crippen LogP contribution is -2.31. The number of hydrogen-bond acceptors (Lipinski definition) is 4. The summed E-state index contributed by atoms with van der Waals surface area (Å²) in [6, 6.07) is 0. The molecule has 0 radical (unpaired) electrons. The molecular formula is C11H16N2O2. The van der Waals surface area contributed by atoms with Crippen LogP contribution in [0.5, 0.6) is 0 Å². The maximum Gasteiger partial charge on any atom is 0.186 e. The zero-order valence-electron chi connectivity index (χ0n) is 8.87. The molecule has 4 nitrogen and oxygen atoms in total. The number of carbonyl (C=O) groups excluding carboxylic acids is 2. The fraction of sp³-hybridized carbons (Fsp3) is 0.727. The second-order valence-electron chi connectivity index (χ2n) is 4.20. The lowest BCUT2D eigenvalue weighted by atomic mass is 9.96. The average molecular weight is 208 g/mol. The maximum absolute atomic E-state index is 11.5. The van der Waals surface area contributed by atoms with Crippen molar-refractivity contribution < 1.29 is 9.59 Å². The highest BCUT2D eigenvalue weighted by Gasteiger charge is 2.23. The summed E-state index contributed by atoms with van der Waals surface area (Å²) in [6.07, 6.45) is 4.65. The fourth-order valence-corrected chi connectivity index (χ4v) is 2.02. The first-order valence-electron chi connectivity index (χ1n) is 5.63. The Balaban J connectivity index is 1.99. The van der Waals surface area contributed by atoms with E-state index < -0.39 is 0 Å². The van der Waals surface area contributed by atoms with Gasteiger partial charge in [0, 0.05) is 25.9 Å². The van der Waals surface area contributed by atoms with Gasteiger partial charge in [0.2, 0.25) is 0 Å². The Morgan fingerprint density at radius 3 is 2.40 bits per heavy atom. The first-order chi connectivity index (χ1) is 7.25. The van der Waals surface area contributed by atoms with Gasteiger partial charge in [0.25, 0.3) is 0 Å². The van der Waals surface area contributed by atoms with Gasteiger partial charge in [-0.1, -0.05) is 0 Å². The maximum atomic E-state index is 11.5. The van der Waals surface area contributed by atoms with Gasteiger partial charge < -0.3 is 0 Å². The van der Waals surface area contributed by atoms with Crippen LogP contribution in [0.4, 0.5) is 0 Å². The molecule has 1 saturated carbocycles. The number of hydrazone groups is 1. The van der Waals surface area contributed by atoms with Crippen LogP contribution in [0.1, 0.15) is 38.5 Å². The number of carbonyl (C=O) groups is 2. The van der Waals surface area contributed by atoms with Gasteiger partial charge in [-0.2, -0.15) is 5.10 Å². The topological polar surface area (TPSA) is 49.7 Å². The second kappa shape index (κ2) is 4.55. The van der Waals surface area contributed by atoms with Crippen LogP contribution in [0, 0.1) is 0 Å². The molecule has 2 fully saturated rings. The Hall–Kier alpha value is -1.19. The van der Waals surface area contributed by atoms with Gasteiger partial charge in [0.15, 0.2) is 5.78 Å². The molecule has 0 atom stereocenters. The van der Waals surface area contributed by atoms with E-state index in [0.29, 0.717) is 18.6 Å². The molecule has 0 unspecified atom stereocenters. The lowest BCUT2D eigenvalue weighted by molar-refractivity contribution is -0.125. The Kier molecular flexibility index (Phi) is 3.14. The third-order valence-electron chi connectivity index (χ3n) is 2.91. The molecule has 0 bridgehead atoms. The standard InChI is InChI=1S/C11H16N2O2/c14-9-4-5-10(11(15)8-9)12-13-6-2-1-3-7-13/h1-8H2/b12-10-. The zero-order chi connectivity index (χ0) is 10.7. The highest BCUT2D eigenvalue weighted by Crippen LogP contribution is 2.13. The van der Waals surface area contributed by atoms with Gasteiger partial charge in [-0.3, -0.25) is 14.6 Å². The minimum atomic E-state index is -0.0724. The van der Waals surface area contributed by atoms with Gasteiger partial charge in [0.05, 0.1) is 6.42 Å². The van der Waals surface area contributed by atoms with Crippen molar-refractivity contribution in [2.45, 2.75) is 38.5 Å². The number of Topliss-reactive ketones (excluding diaryl/α,β-unsaturated/α-hetero) is 2. The number of ketones is 2. The predicted octanol–water partition coefficient (Wildman–Crippen LogP) is 1.15. The molecule has 1 heterocycles. The summed E-state index contributed by atoms with van der Waals surface area (Å²) in [7, 11) is 0. The number of piperidine rings is 1. The smallest absolute Gasteiger partial charge is 0.186 e. The van der Waals surface area contributed by atoms with E-state index in [1.165, 1.54) is 6.42 Å². The summed E-state index contributed by atoms with van der Waals surface area (Å²) in [5.74, 6) is -0.0191. The Labute approximate surface area is 89.3 Å². The Morgan fingerprint density at radius 1 is 1.00 bits per heavy atom. The summed E-state index contributed by atoms with van der Waals surface area (Å²) < 4.78 is 0. The molecule has 0 spiro atoms. The average Bonchev–Trinajstić information content (AvgIpc) is 2.24. The van der Waals surface area contributed by atoms with Crippen LogP contribution in [0.25, 0.3) is 0 Å². The normalized spacial score (nSPS) is 26.1. The van der Waals surface area contributed by atoms with Crippen LogP contribution < -0.4 is 0 Å². The largest absolute Gasteiger partial charge is 0.299 e. The van der Waals surface area contributed by atoms with E-state index in [1.807, 2.05) is 5.01 Å². The molecule has 82 valence electrons. The van der Waals surface area contributed by atoms with Crippen LogP contribution >= 0.6 is 0 Å². The first-order valence-corrected chi connectivity index (χ1v) is 5.63. The SMILES string of the molecule is O=C1CC/C(=N/N2CCCCC2)C(=O)C1. The first kappa shape index (κ1) is 10.3. The molecule has 0 N–H and O–H groups in total. The molecule has 0 aromatic heterocycles. The summed E-state index contributed by atoms with van der Waals surface area (Å²) >= 11 is 0. The molecule has 1 aliphatic heterocycles. The van der Waals surface area contributed by atoms with Crippen molar-refractivity contribution in [1.82, 2.24) is 5.01 Å². The molecular weight excluding hydrogens is 192 g/mol. The van der Waals surface area contributed by atoms with E-state index in [4.69, 9.17) is 0 Å². The highest BCUT2D eigenvalue weighted by molar-refractivity contribution is 6.44. The lowest BCUT2D eigenvalue weighted by Gasteiger charge is -2.25. The number of rotatable bonds is 1. The summed E-state index contributed by atoms with van der Waals surface area (Å²) in [4.78, 5) is 22.5. The van der Waals surface area contributed by atoms with Crippen LogP contribution in [-0.2, 0) is 9.59 Å². The number of nitrogens with zero attached hydrogens (tertiary/aromatic N) is 2. The van der Waals surface area contributed by atoms with E-state index >= 15 is 0 Å². The van der Waals surface area contributed by atoms with E-state index in [9.17, 15) is 9.59 Å². The molecule has 0 amide bonds. The molecule has 0 aromatic rings. The quantitative estimate of drug-likeness (QED) is 0.607. The van der Waals surface area contributed by atoms with Crippen LogP contribution in [0.3, 0.4) is 0 Å². The molecule has 1 aliphatic carbocycles. The van der Waals surface area contributed by atoms with E-state index in [-0.39, 0.29) is 18.0 Å². The van der Waals surface area contributed by atoms with Crippen LogP contribution in [-0.4, -0.2) is 35.4 Å². The predicted molar refractivity (Wildman–Crippen MR) is 56.7 cm³/mol. The molecule has 15 heavy (non-hydrogen) atoms.